The Balaban J connectivity index is 2.14. The lowest BCUT2D eigenvalue weighted by Gasteiger charge is -2.14. The maximum Gasteiger partial charge on any atom is 0.374 e. The molecule has 0 N–H and O–H groups in total. The molecule has 2 aliphatic rings. The molecule has 2 heterocycles. The summed E-state index contributed by atoms with van der Waals surface area (Å²) in [6.45, 7) is 2.05. The Morgan fingerprint density at radius 1 is 1.23 bits per heavy atom. The summed E-state index contributed by atoms with van der Waals surface area (Å²) in [4.78, 5) is 20.6. The molecule has 3 rings (SSSR count). The van der Waals surface area contributed by atoms with Crippen molar-refractivity contribution >= 4 is 5.97 Å². The quantitative estimate of drug-likeness (QED) is 0.692. The molecular formula is C16H15N3O3. The second kappa shape index (κ2) is 5.85. The van der Waals surface area contributed by atoms with Gasteiger partial charge in [-0.05, 0) is 37.3 Å². The smallest absolute Gasteiger partial charge is 0.374 e. The van der Waals surface area contributed by atoms with Gasteiger partial charge in [0.1, 0.15) is 5.75 Å². The Bertz CT molecular complexity index is 765. The summed E-state index contributed by atoms with van der Waals surface area (Å²) in [5, 5.41) is 0. The van der Waals surface area contributed by atoms with Gasteiger partial charge in [0, 0.05) is 23.6 Å². The van der Waals surface area contributed by atoms with E-state index in [4.69, 9.17) is 9.47 Å². The van der Waals surface area contributed by atoms with E-state index < -0.39 is 5.97 Å². The maximum absolute atomic E-state index is 12.2. The standard InChI is InChI=1S/C16H15N3O3/c1-3-22-16(20)15-18-14-11(8-9-17-14)10-19(15)12-4-6-13(21-2)7-5-12/h4-10H,3H2,1-2H3. The summed E-state index contributed by atoms with van der Waals surface area (Å²) in [7, 11) is 1.61. The van der Waals surface area contributed by atoms with Gasteiger partial charge in [-0.2, -0.15) is 0 Å². The second-order valence-corrected chi connectivity index (χ2v) is 4.58. The number of nitrogens with zero attached hydrogens (tertiary/aromatic N) is 3. The van der Waals surface area contributed by atoms with Crippen LogP contribution in [0.5, 0.6) is 5.75 Å². The molecule has 0 radical (unpaired) electrons. The summed E-state index contributed by atoms with van der Waals surface area (Å²) in [6.07, 6.45) is 3.48. The Hall–Kier alpha value is -2.89. The van der Waals surface area contributed by atoms with E-state index in [-0.39, 0.29) is 12.4 Å². The van der Waals surface area contributed by atoms with Gasteiger partial charge in [-0.3, -0.25) is 4.57 Å². The summed E-state index contributed by atoms with van der Waals surface area (Å²) in [6, 6.07) is 9.20. The average Bonchev–Trinajstić information content (AvgIpc) is 3.01. The Morgan fingerprint density at radius 2 is 2.00 bits per heavy atom. The fraction of sp³-hybridized carbons (Fsp3) is 0.188. The number of hydrogen-bond donors (Lipinski definition) is 0. The third-order valence-corrected chi connectivity index (χ3v) is 3.23. The molecule has 0 aromatic heterocycles. The molecule has 1 aromatic carbocycles. The first-order valence-corrected chi connectivity index (χ1v) is 6.88. The molecule has 0 bridgehead atoms. The zero-order chi connectivity index (χ0) is 15.5. The topological polar surface area (TPSA) is 66.2 Å². The van der Waals surface area contributed by atoms with Crippen LogP contribution in [-0.4, -0.2) is 34.2 Å². The molecule has 1 aromatic rings. The van der Waals surface area contributed by atoms with Gasteiger partial charge in [-0.25, -0.2) is 14.8 Å². The van der Waals surface area contributed by atoms with Crippen LogP contribution < -0.4 is 4.74 Å². The van der Waals surface area contributed by atoms with Crippen LogP contribution in [0.15, 0.2) is 42.7 Å². The minimum absolute atomic E-state index is 0.193. The molecular weight excluding hydrogens is 282 g/mol. The van der Waals surface area contributed by atoms with E-state index in [9.17, 15) is 4.79 Å². The lowest BCUT2D eigenvalue weighted by molar-refractivity contribution is 0.0508. The van der Waals surface area contributed by atoms with E-state index in [0.29, 0.717) is 5.82 Å². The molecule has 0 amide bonds. The zero-order valence-corrected chi connectivity index (χ0v) is 12.3. The van der Waals surface area contributed by atoms with E-state index in [1.54, 1.807) is 24.8 Å². The SMILES string of the molecule is CCOC(=O)c1nc2nccc-2cn1-c1ccc(OC)cc1. The Kier molecular flexibility index (Phi) is 3.74. The highest BCUT2D eigenvalue weighted by Crippen LogP contribution is 2.23. The van der Waals surface area contributed by atoms with E-state index in [1.165, 1.54) is 0 Å². The summed E-state index contributed by atoms with van der Waals surface area (Å²) < 4.78 is 11.9. The lowest BCUT2D eigenvalue weighted by atomic mass is 10.2. The molecule has 0 saturated heterocycles. The molecule has 0 unspecified atom stereocenters. The molecule has 112 valence electrons. The molecule has 22 heavy (non-hydrogen) atoms. The van der Waals surface area contributed by atoms with Gasteiger partial charge >= 0.3 is 5.97 Å². The molecule has 0 atom stereocenters. The van der Waals surface area contributed by atoms with Crippen molar-refractivity contribution in [2.24, 2.45) is 0 Å². The first-order valence-electron chi connectivity index (χ1n) is 6.88. The number of rotatable bonds is 4. The van der Waals surface area contributed by atoms with Gasteiger partial charge in [0.25, 0.3) is 0 Å². The molecule has 6 heteroatoms. The van der Waals surface area contributed by atoms with Crippen LogP contribution in [0, 0.1) is 0 Å². The van der Waals surface area contributed by atoms with Gasteiger partial charge in [-0.15, -0.1) is 0 Å². The number of benzene rings is 1. The second-order valence-electron chi connectivity index (χ2n) is 4.58. The first kappa shape index (κ1) is 14.1. The van der Waals surface area contributed by atoms with Crippen molar-refractivity contribution in [2.45, 2.75) is 6.92 Å². The van der Waals surface area contributed by atoms with Crippen LogP contribution >= 0.6 is 0 Å². The fourth-order valence-electron chi connectivity index (χ4n) is 2.17. The van der Waals surface area contributed by atoms with Crippen LogP contribution in [0.1, 0.15) is 17.5 Å². The maximum atomic E-state index is 12.2. The Morgan fingerprint density at radius 3 is 2.68 bits per heavy atom. The van der Waals surface area contributed by atoms with Gasteiger partial charge in [0.05, 0.1) is 13.7 Å². The van der Waals surface area contributed by atoms with Gasteiger partial charge < -0.3 is 9.47 Å². The van der Waals surface area contributed by atoms with Crippen LogP contribution in [0.4, 0.5) is 0 Å². The van der Waals surface area contributed by atoms with Crippen molar-refractivity contribution in [3.8, 4) is 22.8 Å². The summed E-state index contributed by atoms with van der Waals surface area (Å²) >= 11 is 0. The fourth-order valence-corrected chi connectivity index (χ4v) is 2.17. The van der Waals surface area contributed by atoms with Crippen molar-refractivity contribution < 1.29 is 14.3 Å². The molecule has 2 aliphatic heterocycles. The number of methoxy groups -OCH3 is 1. The molecule has 0 fully saturated rings. The molecule has 0 saturated carbocycles. The van der Waals surface area contributed by atoms with Crippen LogP contribution in [-0.2, 0) is 4.74 Å². The van der Waals surface area contributed by atoms with Crippen LogP contribution in [0.2, 0.25) is 0 Å². The summed E-state index contributed by atoms with van der Waals surface area (Å²) in [5.41, 5.74) is 1.64. The third-order valence-electron chi connectivity index (χ3n) is 3.23. The number of aromatic nitrogens is 3. The predicted octanol–water partition coefficient (Wildman–Crippen LogP) is 2.56. The summed E-state index contributed by atoms with van der Waals surface area (Å²) in [5.74, 6) is 0.972. The minimum atomic E-state index is -0.483. The van der Waals surface area contributed by atoms with Crippen molar-refractivity contribution in [3.05, 3.63) is 48.5 Å². The normalized spacial score (nSPS) is 10.6. The predicted molar refractivity (Wildman–Crippen MR) is 80.5 cm³/mol. The van der Waals surface area contributed by atoms with E-state index in [1.807, 2.05) is 36.5 Å². The minimum Gasteiger partial charge on any atom is -0.497 e. The molecule has 0 aliphatic carbocycles. The number of fused-ring (bicyclic) bond motifs is 1. The van der Waals surface area contributed by atoms with Gasteiger partial charge in [0.15, 0.2) is 5.82 Å². The number of carbonyl (C=O) groups is 1. The van der Waals surface area contributed by atoms with E-state index in [0.717, 1.165) is 17.0 Å². The van der Waals surface area contributed by atoms with Crippen LogP contribution in [0.3, 0.4) is 0 Å². The molecule has 0 spiro atoms. The molecule has 6 nitrogen and oxygen atoms in total. The highest BCUT2D eigenvalue weighted by molar-refractivity contribution is 5.87. The lowest BCUT2D eigenvalue weighted by Crippen LogP contribution is -2.17. The van der Waals surface area contributed by atoms with Gasteiger partial charge in [0.2, 0.25) is 5.82 Å². The van der Waals surface area contributed by atoms with Crippen molar-refractivity contribution in [3.63, 3.8) is 0 Å². The highest BCUT2D eigenvalue weighted by atomic mass is 16.5. The van der Waals surface area contributed by atoms with Crippen molar-refractivity contribution in [1.82, 2.24) is 14.5 Å². The average molecular weight is 297 g/mol. The van der Waals surface area contributed by atoms with E-state index in [2.05, 4.69) is 9.97 Å². The zero-order valence-electron chi connectivity index (χ0n) is 12.3. The van der Waals surface area contributed by atoms with Crippen LogP contribution in [0.25, 0.3) is 17.1 Å². The highest BCUT2D eigenvalue weighted by Gasteiger charge is 2.19. The number of ether oxygens (including phenoxy) is 2. The Labute approximate surface area is 127 Å². The monoisotopic (exact) mass is 297 g/mol. The first-order chi connectivity index (χ1) is 10.7. The van der Waals surface area contributed by atoms with Crippen molar-refractivity contribution in [1.29, 1.82) is 0 Å². The van der Waals surface area contributed by atoms with E-state index >= 15 is 0 Å². The third kappa shape index (κ3) is 2.50. The number of hydrogen-bond acceptors (Lipinski definition) is 5. The largest absolute Gasteiger partial charge is 0.497 e. The number of carbonyl (C=O) groups excluding carboxylic acids is 1. The van der Waals surface area contributed by atoms with Crippen molar-refractivity contribution in [2.75, 3.05) is 13.7 Å². The number of esters is 1. The van der Waals surface area contributed by atoms with Gasteiger partial charge in [-0.1, -0.05) is 0 Å².